The molecule has 4 heterocycles. The molecule has 0 aromatic carbocycles. The predicted molar refractivity (Wildman–Crippen MR) is 119 cm³/mol. The average molecular weight is 436 g/mol. The minimum atomic E-state index is -0.238. The lowest BCUT2D eigenvalue weighted by Gasteiger charge is -2.28. The van der Waals surface area contributed by atoms with Gasteiger partial charge in [0.2, 0.25) is 0 Å². The van der Waals surface area contributed by atoms with Gasteiger partial charge in [0.25, 0.3) is 11.8 Å². The van der Waals surface area contributed by atoms with Gasteiger partial charge in [0, 0.05) is 56.8 Å². The molecule has 1 aliphatic rings. The largest absolute Gasteiger partial charge is 0.346 e. The molecule has 0 saturated carbocycles. The van der Waals surface area contributed by atoms with E-state index in [4.69, 9.17) is 0 Å². The Balaban J connectivity index is 1.59. The van der Waals surface area contributed by atoms with Crippen LogP contribution in [0, 0.1) is 12.8 Å². The second-order valence-corrected chi connectivity index (χ2v) is 8.67. The third-order valence-corrected chi connectivity index (χ3v) is 5.57. The van der Waals surface area contributed by atoms with Gasteiger partial charge in [0.15, 0.2) is 5.69 Å². The fourth-order valence-corrected chi connectivity index (χ4v) is 4.08. The third-order valence-electron chi connectivity index (χ3n) is 5.57. The summed E-state index contributed by atoms with van der Waals surface area (Å²) < 4.78 is 3.55. The highest BCUT2D eigenvalue weighted by molar-refractivity contribution is 5.95. The van der Waals surface area contributed by atoms with Gasteiger partial charge in [-0.1, -0.05) is 19.9 Å². The van der Waals surface area contributed by atoms with Crippen molar-refractivity contribution >= 4 is 11.8 Å². The number of carbonyl (C=O) groups is 2. The zero-order valence-corrected chi connectivity index (χ0v) is 19.0. The summed E-state index contributed by atoms with van der Waals surface area (Å²) in [5.74, 6) is 0.0674. The van der Waals surface area contributed by atoms with Crippen molar-refractivity contribution in [1.29, 1.82) is 0 Å². The van der Waals surface area contributed by atoms with E-state index in [9.17, 15) is 9.59 Å². The van der Waals surface area contributed by atoms with Crippen LogP contribution >= 0.6 is 0 Å². The molecule has 2 amide bonds. The summed E-state index contributed by atoms with van der Waals surface area (Å²) in [6.45, 7) is 8.15. The first-order valence-corrected chi connectivity index (χ1v) is 10.9. The highest BCUT2D eigenvalue weighted by Crippen LogP contribution is 2.25. The quantitative estimate of drug-likeness (QED) is 0.639. The number of amides is 2. The molecule has 9 nitrogen and oxygen atoms in total. The number of aromatic nitrogens is 5. The van der Waals surface area contributed by atoms with Crippen molar-refractivity contribution in [3.63, 3.8) is 0 Å². The standard InChI is InChI=1S/C23H29N7O2/c1-15(2)13-30-19-7-9-29(23(32)20-10-16(3)26-28(20)4)14-18(19)21(27-30)22(31)25-12-17-6-5-8-24-11-17/h5-6,8,10-11,15H,7,9,12-14H2,1-4H3,(H,25,31). The van der Waals surface area contributed by atoms with Crippen LogP contribution < -0.4 is 5.32 Å². The van der Waals surface area contributed by atoms with Crippen LogP contribution in [-0.2, 0) is 33.1 Å². The number of fused-ring (bicyclic) bond motifs is 1. The van der Waals surface area contributed by atoms with E-state index >= 15 is 0 Å². The SMILES string of the molecule is Cc1cc(C(=O)N2CCc3c(c(C(=O)NCc4cccnc4)nn3CC(C)C)C2)n(C)n1. The third kappa shape index (κ3) is 4.42. The normalized spacial score (nSPS) is 13.3. The van der Waals surface area contributed by atoms with Crippen LogP contribution in [0.15, 0.2) is 30.6 Å². The maximum atomic E-state index is 13.2. The molecule has 32 heavy (non-hydrogen) atoms. The van der Waals surface area contributed by atoms with Crippen LogP contribution in [0.2, 0.25) is 0 Å². The Morgan fingerprint density at radius 1 is 1.25 bits per heavy atom. The monoisotopic (exact) mass is 435 g/mol. The second kappa shape index (κ2) is 8.94. The van der Waals surface area contributed by atoms with Crippen LogP contribution in [0.3, 0.4) is 0 Å². The van der Waals surface area contributed by atoms with Crippen LogP contribution in [-0.4, -0.2) is 47.8 Å². The maximum Gasteiger partial charge on any atom is 0.272 e. The van der Waals surface area contributed by atoms with Crippen molar-refractivity contribution in [2.45, 2.75) is 46.8 Å². The van der Waals surface area contributed by atoms with E-state index in [-0.39, 0.29) is 11.8 Å². The van der Waals surface area contributed by atoms with Crippen molar-refractivity contribution in [1.82, 2.24) is 34.8 Å². The zero-order chi connectivity index (χ0) is 22.8. The lowest BCUT2D eigenvalue weighted by molar-refractivity contribution is 0.0719. The molecule has 0 atom stereocenters. The molecule has 3 aromatic heterocycles. The van der Waals surface area contributed by atoms with Gasteiger partial charge in [0.05, 0.1) is 12.2 Å². The van der Waals surface area contributed by atoms with E-state index in [1.807, 2.05) is 23.7 Å². The highest BCUT2D eigenvalue weighted by atomic mass is 16.2. The molecular weight excluding hydrogens is 406 g/mol. The number of pyridine rings is 1. The van der Waals surface area contributed by atoms with Crippen LogP contribution in [0.5, 0.6) is 0 Å². The van der Waals surface area contributed by atoms with E-state index in [1.54, 1.807) is 35.1 Å². The van der Waals surface area contributed by atoms with Gasteiger partial charge in [-0.25, -0.2) is 0 Å². The number of nitrogens with zero attached hydrogens (tertiary/aromatic N) is 6. The molecule has 0 saturated heterocycles. The van der Waals surface area contributed by atoms with Gasteiger partial charge in [0.1, 0.15) is 5.69 Å². The van der Waals surface area contributed by atoms with Crippen LogP contribution in [0.25, 0.3) is 0 Å². The van der Waals surface area contributed by atoms with Gasteiger partial charge in [-0.3, -0.25) is 23.9 Å². The van der Waals surface area contributed by atoms with Crippen molar-refractivity contribution in [2.24, 2.45) is 13.0 Å². The number of hydrogen-bond donors (Lipinski definition) is 1. The van der Waals surface area contributed by atoms with Gasteiger partial charge in [-0.15, -0.1) is 0 Å². The minimum Gasteiger partial charge on any atom is -0.346 e. The Bertz CT molecular complexity index is 1130. The Morgan fingerprint density at radius 3 is 2.72 bits per heavy atom. The zero-order valence-electron chi connectivity index (χ0n) is 19.0. The predicted octanol–water partition coefficient (Wildman–Crippen LogP) is 2.10. The molecule has 0 fully saturated rings. The Labute approximate surface area is 187 Å². The first-order chi connectivity index (χ1) is 15.3. The molecule has 0 aliphatic carbocycles. The fourth-order valence-electron chi connectivity index (χ4n) is 4.08. The molecule has 0 spiro atoms. The summed E-state index contributed by atoms with van der Waals surface area (Å²) in [6.07, 6.45) is 4.08. The van der Waals surface area contributed by atoms with E-state index in [2.05, 4.69) is 34.3 Å². The van der Waals surface area contributed by atoms with Gasteiger partial charge >= 0.3 is 0 Å². The molecule has 9 heteroatoms. The number of aryl methyl sites for hydroxylation is 2. The molecule has 168 valence electrons. The molecule has 3 aromatic rings. The molecule has 0 radical (unpaired) electrons. The van der Waals surface area contributed by atoms with E-state index in [1.165, 1.54) is 0 Å². The second-order valence-electron chi connectivity index (χ2n) is 8.67. The smallest absolute Gasteiger partial charge is 0.272 e. The van der Waals surface area contributed by atoms with Crippen LogP contribution in [0.4, 0.5) is 0 Å². The first kappa shape index (κ1) is 21.7. The van der Waals surface area contributed by atoms with E-state index in [0.29, 0.717) is 43.4 Å². The highest BCUT2D eigenvalue weighted by Gasteiger charge is 2.31. The summed E-state index contributed by atoms with van der Waals surface area (Å²) in [7, 11) is 1.77. The molecule has 1 N–H and O–H groups in total. The Hall–Kier alpha value is -3.49. The number of nitrogens with one attached hydrogen (secondary N) is 1. The average Bonchev–Trinajstić information content (AvgIpc) is 3.30. The topological polar surface area (TPSA) is 97.9 Å². The molecule has 1 aliphatic heterocycles. The fraction of sp³-hybridized carbons (Fsp3) is 0.435. The maximum absolute atomic E-state index is 13.2. The first-order valence-electron chi connectivity index (χ1n) is 10.9. The Morgan fingerprint density at radius 2 is 2.06 bits per heavy atom. The van der Waals surface area contributed by atoms with E-state index < -0.39 is 0 Å². The number of carbonyl (C=O) groups excluding carboxylic acids is 2. The molecule has 0 bridgehead atoms. The minimum absolute atomic E-state index is 0.0860. The molecule has 4 rings (SSSR count). The van der Waals surface area contributed by atoms with Gasteiger partial charge in [-0.2, -0.15) is 10.2 Å². The Kier molecular flexibility index (Phi) is 6.07. The van der Waals surface area contributed by atoms with E-state index in [0.717, 1.165) is 29.1 Å². The van der Waals surface area contributed by atoms with Crippen molar-refractivity contribution in [3.8, 4) is 0 Å². The lowest BCUT2D eigenvalue weighted by atomic mass is 10.0. The van der Waals surface area contributed by atoms with Crippen molar-refractivity contribution in [2.75, 3.05) is 6.54 Å². The molecule has 0 unspecified atom stereocenters. The summed E-state index contributed by atoms with van der Waals surface area (Å²) in [6, 6.07) is 5.54. The number of hydrogen-bond acceptors (Lipinski definition) is 5. The number of rotatable bonds is 6. The summed E-state index contributed by atoms with van der Waals surface area (Å²) >= 11 is 0. The van der Waals surface area contributed by atoms with Crippen LogP contribution in [0.1, 0.15) is 57.3 Å². The van der Waals surface area contributed by atoms with Gasteiger partial charge in [-0.05, 0) is 30.5 Å². The lowest BCUT2D eigenvalue weighted by Crippen LogP contribution is -2.38. The summed E-state index contributed by atoms with van der Waals surface area (Å²) in [5, 5.41) is 11.9. The van der Waals surface area contributed by atoms with Crippen molar-refractivity contribution in [3.05, 3.63) is 64.5 Å². The summed E-state index contributed by atoms with van der Waals surface area (Å²) in [4.78, 5) is 32.1. The molecular formula is C23H29N7O2. The summed E-state index contributed by atoms with van der Waals surface area (Å²) in [5.41, 5.74) is 4.52. The van der Waals surface area contributed by atoms with Gasteiger partial charge < -0.3 is 10.2 Å². The van der Waals surface area contributed by atoms with Crippen molar-refractivity contribution < 1.29 is 9.59 Å².